The van der Waals surface area contributed by atoms with Gasteiger partial charge in [-0.15, -0.1) is 0 Å². The lowest BCUT2D eigenvalue weighted by atomic mass is 9.79. The van der Waals surface area contributed by atoms with Crippen molar-refractivity contribution >= 4 is 72.1 Å². The third kappa shape index (κ3) is 13.4. The van der Waals surface area contributed by atoms with Crippen LogP contribution in [0.15, 0.2) is 308 Å². The van der Waals surface area contributed by atoms with Gasteiger partial charge in [0.15, 0.2) is 34.9 Å². The molecule has 1 aliphatic rings. The van der Waals surface area contributed by atoms with Crippen LogP contribution in [0.2, 0.25) is 0 Å². The quantitative estimate of drug-likeness (QED) is 0.0948. The first-order valence-corrected chi connectivity index (χ1v) is 33.2. The molecule has 0 saturated carbocycles. The normalized spacial score (nSPS) is 13.0. The van der Waals surface area contributed by atoms with Gasteiger partial charge in [0.05, 0.1) is 44.7 Å². The zero-order valence-electron chi connectivity index (χ0n) is 54.1. The van der Waals surface area contributed by atoms with E-state index in [1.807, 2.05) is 176 Å². The smallest absolute Gasteiger partial charge is 0.399 e. The second kappa shape index (κ2) is 27.2. The van der Waals surface area contributed by atoms with Gasteiger partial charge in [-0.05, 0) is 86.7 Å². The Bertz CT molecular complexity index is 5410. The fourth-order valence-corrected chi connectivity index (χ4v) is 12.1. The molecule has 0 amide bonds. The van der Waals surface area contributed by atoms with Gasteiger partial charge in [0.25, 0.3) is 0 Å². The van der Waals surface area contributed by atoms with E-state index < -0.39 is 0 Å². The van der Waals surface area contributed by atoms with Crippen LogP contribution in [0.1, 0.15) is 27.7 Å². The molecule has 0 aliphatic carbocycles. The van der Waals surface area contributed by atoms with Crippen LogP contribution in [-0.2, 0) is 9.31 Å². The Kier molecular flexibility index (Phi) is 17.3. The Morgan fingerprint density at radius 2 is 0.592 bits per heavy atom. The van der Waals surface area contributed by atoms with Gasteiger partial charge >= 0.3 is 7.12 Å². The second-order valence-corrected chi connectivity index (χ2v) is 25.7. The van der Waals surface area contributed by atoms with Crippen LogP contribution in [-0.4, -0.2) is 68.2 Å². The molecule has 16 aromatic rings. The molecule has 7 heterocycles. The molecular weight excluding hydrogens is 1270 g/mol. The van der Waals surface area contributed by atoms with E-state index in [2.05, 4.69) is 186 Å². The Morgan fingerprint density at radius 1 is 0.265 bits per heavy atom. The fourth-order valence-electron chi connectivity index (χ4n) is 11.7. The minimum Gasteiger partial charge on any atom is -0.399 e. The molecule has 17 rings (SSSR count). The maximum Gasteiger partial charge on any atom is 0.494 e. The van der Waals surface area contributed by atoms with Gasteiger partial charge in [-0.3, -0.25) is 9.97 Å². The summed E-state index contributed by atoms with van der Waals surface area (Å²) >= 11 is 3.52. The Morgan fingerprint density at radius 3 is 1.00 bits per heavy atom. The average molecular weight is 1330 g/mol. The Balaban J connectivity index is 0.000000126. The molecule has 0 unspecified atom stereocenters. The summed E-state index contributed by atoms with van der Waals surface area (Å²) in [5, 5.41) is 4.36. The zero-order chi connectivity index (χ0) is 66.6. The van der Waals surface area contributed by atoms with E-state index in [9.17, 15) is 0 Å². The first kappa shape index (κ1) is 62.4. The summed E-state index contributed by atoms with van der Waals surface area (Å²) in [5.41, 5.74) is 15.9. The van der Waals surface area contributed by atoms with E-state index in [1.54, 1.807) is 0 Å². The lowest BCUT2D eigenvalue weighted by Crippen LogP contribution is -2.41. The predicted molar refractivity (Wildman–Crippen MR) is 400 cm³/mol. The van der Waals surface area contributed by atoms with Crippen LogP contribution < -0.4 is 5.46 Å². The zero-order valence-corrected chi connectivity index (χ0v) is 55.7. The molecule has 0 N–H and O–H groups in total. The van der Waals surface area contributed by atoms with Gasteiger partial charge in [-0.25, -0.2) is 39.9 Å². The minimum absolute atomic E-state index is 0.343. The number of halogens is 1. The summed E-state index contributed by atoms with van der Waals surface area (Å²) in [6, 6.07) is 97.9. The largest absolute Gasteiger partial charge is 0.494 e. The number of nitrogens with zero attached hydrogens (tertiary/aromatic N) is 10. The molecule has 14 heteroatoms. The summed E-state index contributed by atoms with van der Waals surface area (Å²) < 4.78 is 13.3. The van der Waals surface area contributed by atoms with Gasteiger partial charge < -0.3 is 9.31 Å². The number of rotatable bonds is 10. The molecule has 1 aliphatic heterocycles. The molecule has 0 radical (unpaired) electrons. The maximum atomic E-state index is 6.16. The van der Waals surface area contributed by atoms with E-state index in [0.29, 0.717) is 34.9 Å². The van der Waals surface area contributed by atoms with Crippen molar-refractivity contribution in [3.05, 3.63) is 308 Å². The predicted octanol–water partition coefficient (Wildman–Crippen LogP) is 19.7. The third-order valence-electron chi connectivity index (χ3n) is 17.7. The van der Waals surface area contributed by atoms with Crippen LogP contribution in [0.5, 0.6) is 0 Å². The summed E-state index contributed by atoms with van der Waals surface area (Å²) in [6.07, 6.45) is 3.64. The van der Waals surface area contributed by atoms with Crippen LogP contribution in [0.25, 0.3) is 146 Å². The Hall–Kier alpha value is -11.7. The monoisotopic (exact) mass is 1330 g/mol. The first-order chi connectivity index (χ1) is 47.9. The van der Waals surface area contributed by atoms with Crippen molar-refractivity contribution in [1.82, 2.24) is 49.8 Å². The average Bonchev–Trinajstić information content (AvgIpc) is 1.23. The van der Waals surface area contributed by atoms with Gasteiger partial charge in [0, 0.05) is 82.9 Å². The van der Waals surface area contributed by atoms with E-state index >= 15 is 0 Å². The van der Waals surface area contributed by atoms with E-state index in [1.165, 1.54) is 0 Å². The lowest BCUT2D eigenvalue weighted by Gasteiger charge is -2.32. The van der Waals surface area contributed by atoms with E-state index in [-0.39, 0.29) is 18.3 Å². The van der Waals surface area contributed by atoms with Crippen molar-refractivity contribution in [1.29, 1.82) is 0 Å². The van der Waals surface area contributed by atoms with Crippen LogP contribution in [0.4, 0.5) is 0 Å². The number of pyridine rings is 4. The molecule has 1 fully saturated rings. The molecule has 0 atom stereocenters. The summed E-state index contributed by atoms with van der Waals surface area (Å²) in [4.78, 5) is 47.8. The molecular formula is C84H62BBrN10O2. The standard InChI is InChI=1S/C39H25N5.C24H23BN2O2.C21H14BrN3/c1-3-9-30(10-4-1)37-42-38(31-11-5-2-6-12-31)44-39(43-37)33-14-7-13-32(25-33)26-16-18-27(19-17-26)34-23-22-29-21-20-28-15-8-24-40-35(28)36(29)41-34;1-23(2)24(3,4)29-25(28-23)19-12-9-16(10-13-19)20-14-11-18-8-7-17-6-5-15-26-21(17)22(18)27-20;22-18-13-7-12-17(14-18)21-24-19(15-8-3-1-4-9-15)23-20(25-21)16-10-5-2-6-11-16/h1-25H;5-15H,1-4H3;1-14H. The highest BCUT2D eigenvalue weighted by Gasteiger charge is 2.51. The van der Waals surface area contributed by atoms with Gasteiger partial charge in [0.2, 0.25) is 0 Å². The van der Waals surface area contributed by atoms with Crippen molar-refractivity contribution in [2.75, 3.05) is 0 Å². The van der Waals surface area contributed by atoms with Crippen LogP contribution in [0, 0.1) is 0 Å². The minimum atomic E-state index is -0.355. The third-order valence-corrected chi connectivity index (χ3v) is 18.2. The van der Waals surface area contributed by atoms with Crippen LogP contribution in [0.3, 0.4) is 0 Å². The molecule has 0 spiro atoms. The van der Waals surface area contributed by atoms with Crippen LogP contribution >= 0.6 is 15.9 Å². The molecule has 0 bridgehead atoms. The number of aromatic nitrogens is 10. The summed E-state index contributed by atoms with van der Waals surface area (Å²) in [5.74, 6) is 3.94. The number of hydrogen-bond donors (Lipinski definition) is 0. The number of fused-ring (bicyclic) bond motifs is 6. The van der Waals surface area contributed by atoms with Crippen molar-refractivity contribution in [3.63, 3.8) is 0 Å². The Labute approximate surface area is 576 Å². The van der Waals surface area contributed by atoms with Crippen molar-refractivity contribution in [2.24, 2.45) is 0 Å². The molecule has 98 heavy (non-hydrogen) atoms. The van der Waals surface area contributed by atoms with Crippen molar-refractivity contribution < 1.29 is 9.31 Å². The molecule has 12 nitrogen and oxygen atoms in total. The van der Waals surface area contributed by atoms with E-state index in [0.717, 1.165) is 121 Å². The number of hydrogen-bond acceptors (Lipinski definition) is 12. The number of benzene rings is 10. The summed E-state index contributed by atoms with van der Waals surface area (Å²) in [6.45, 7) is 8.27. The van der Waals surface area contributed by atoms with E-state index in [4.69, 9.17) is 44.2 Å². The second-order valence-electron chi connectivity index (χ2n) is 24.8. The highest BCUT2D eigenvalue weighted by molar-refractivity contribution is 9.10. The van der Waals surface area contributed by atoms with Gasteiger partial charge in [0.1, 0.15) is 0 Å². The van der Waals surface area contributed by atoms with Crippen molar-refractivity contribution in [3.8, 4) is 102 Å². The van der Waals surface area contributed by atoms with Crippen molar-refractivity contribution in [2.45, 2.75) is 38.9 Å². The topological polar surface area (TPSA) is 147 Å². The molecule has 10 aromatic carbocycles. The summed E-state index contributed by atoms with van der Waals surface area (Å²) in [7, 11) is -0.355. The first-order valence-electron chi connectivity index (χ1n) is 32.4. The van der Waals surface area contributed by atoms with Gasteiger partial charge in [-0.1, -0.05) is 265 Å². The maximum absolute atomic E-state index is 6.16. The SMILES string of the molecule is Brc1cccc(-c2nc(-c3ccccc3)nc(-c3ccccc3)n2)c1.CC1(C)OB(c2ccc(-c3ccc4ccc5cccnc5c4n3)cc2)OC1(C)C.c1ccc(-c2nc(-c3ccccc3)nc(-c3cccc(-c4ccc(-c5ccc6ccc7cccnc7c6n5)cc4)c3)n2)cc1. The highest BCUT2D eigenvalue weighted by Crippen LogP contribution is 2.38. The molecule has 1 saturated heterocycles. The lowest BCUT2D eigenvalue weighted by molar-refractivity contribution is 0.00578. The molecule has 470 valence electrons. The highest BCUT2D eigenvalue weighted by atomic mass is 79.9. The van der Waals surface area contributed by atoms with Gasteiger partial charge in [-0.2, -0.15) is 0 Å². The molecule has 6 aromatic heterocycles. The fraction of sp³-hybridized carbons (Fsp3) is 0.0714.